The summed E-state index contributed by atoms with van der Waals surface area (Å²) in [5, 5.41) is 2.94. The van der Waals surface area contributed by atoms with E-state index >= 15 is 0 Å². The predicted octanol–water partition coefficient (Wildman–Crippen LogP) is 2.35. The van der Waals surface area contributed by atoms with Crippen molar-refractivity contribution in [3.8, 4) is 0 Å². The summed E-state index contributed by atoms with van der Waals surface area (Å²) in [6.07, 6.45) is 2.11. The van der Waals surface area contributed by atoms with Gasteiger partial charge in [-0.25, -0.2) is 14.4 Å². The molecule has 0 aliphatic rings. The highest BCUT2D eigenvalue weighted by molar-refractivity contribution is 6.17. The Morgan fingerprint density at radius 1 is 1.57 bits per heavy atom. The van der Waals surface area contributed by atoms with Crippen molar-refractivity contribution in [1.82, 2.24) is 9.97 Å². The Morgan fingerprint density at radius 2 is 2.29 bits per heavy atom. The topological polar surface area (TPSA) is 37.8 Å². The molecular formula is C9H13ClFN3. The second kappa shape index (κ2) is 5.10. The average molecular weight is 218 g/mol. The maximum absolute atomic E-state index is 13.4. The normalized spacial score (nSPS) is 12.6. The van der Waals surface area contributed by atoms with E-state index in [9.17, 15) is 4.39 Å². The molecule has 0 bridgehead atoms. The first-order valence-corrected chi connectivity index (χ1v) is 4.98. The van der Waals surface area contributed by atoms with Crippen LogP contribution in [-0.2, 0) is 0 Å². The van der Waals surface area contributed by atoms with E-state index in [1.807, 2.05) is 6.92 Å². The number of halogens is 2. The standard InChI is InChI=1S/C9H13ClFN3/c1-6(3-4-10)14-9-8(11)7(2)12-5-13-9/h5-6H,3-4H2,1-2H3,(H,12,13,14). The summed E-state index contributed by atoms with van der Waals surface area (Å²) in [5.74, 6) is 0.392. The Balaban J connectivity index is 2.71. The van der Waals surface area contributed by atoms with Crippen LogP contribution < -0.4 is 5.32 Å². The van der Waals surface area contributed by atoms with Crippen molar-refractivity contribution in [1.29, 1.82) is 0 Å². The lowest BCUT2D eigenvalue weighted by Gasteiger charge is -2.13. The minimum Gasteiger partial charge on any atom is -0.365 e. The van der Waals surface area contributed by atoms with Crippen LogP contribution in [0.25, 0.3) is 0 Å². The maximum atomic E-state index is 13.4. The molecule has 0 saturated heterocycles. The van der Waals surface area contributed by atoms with E-state index in [-0.39, 0.29) is 11.9 Å². The second-order valence-electron chi connectivity index (χ2n) is 3.14. The lowest BCUT2D eigenvalue weighted by atomic mass is 10.2. The Hall–Kier alpha value is -0.900. The van der Waals surface area contributed by atoms with E-state index in [2.05, 4.69) is 15.3 Å². The Labute approximate surface area is 87.7 Å². The third-order valence-electron chi connectivity index (χ3n) is 1.89. The number of hydrogen-bond donors (Lipinski definition) is 1. The molecule has 1 unspecified atom stereocenters. The van der Waals surface area contributed by atoms with Crippen molar-refractivity contribution < 1.29 is 4.39 Å². The molecule has 0 aromatic carbocycles. The lowest BCUT2D eigenvalue weighted by Crippen LogP contribution is -2.18. The minimum atomic E-state index is -0.395. The number of anilines is 1. The number of hydrogen-bond acceptors (Lipinski definition) is 3. The van der Waals surface area contributed by atoms with E-state index in [4.69, 9.17) is 11.6 Å². The molecule has 0 saturated carbocycles. The van der Waals surface area contributed by atoms with Crippen LogP contribution in [0.15, 0.2) is 6.33 Å². The molecule has 1 N–H and O–H groups in total. The molecule has 1 aromatic rings. The fourth-order valence-corrected chi connectivity index (χ4v) is 1.36. The summed E-state index contributed by atoms with van der Waals surface area (Å²) in [5.41, 5.74) is 0.348. The summed E-state index contributed by atoms with van der Waals surface area (Å²) in [4.78, 5) is 7.56. The minimum absolute atomic E-state index is 0.108. The molecule has 1 atom stereocenters. The van der Waals surface area contributed by atoms with Gasteiger partial charge >= 0.3 is 0 Å². The average Bonchev–Trinajstić information content (AvgIpc) is 2.13. The molecule has 1 aromatic heterocycles. The van der Waals surface area contributed by atoms with Crippen molar-refractivity contribution in [2.24, 2.45) is 0 Å². The number of nitrogens with one attached hydrogen (secondary N) is 1. The molecule has 3 nitrogen and oxygen atoms in total. The highest BCUT2D eigenvalue weighted by Gasteiger charge is 2.09. The zero-order valence-corrected chi connectivity index (χ0v) is 8.98. The number of rotatable bonds is 4. The van der Waals surface area contributed by atoms with Gasteiger partial charge in [0.25, 0.3) is 0 Å². The van der Waals surface area contributed by atoms with Crippen molar-refractivity contribution in [2.45, 2.75) is 26.3 Å². The van der Waals surface area contributed by atoms with Gasteiger partial charge in [-0.2, -0.15) is 0 Å². The Bertz CT molecular complexity index is 306. The van der Waals surface area contributed by atoms with E-state index in [1.54, 1.807) is 6.92 Å². The number of aromatic nitrogens is 2. The molecule has 0 radical (unpaired) electrons. The second-order valence-corrected chi connectivity index (χ2v) is 3.52. The van der Waals surface area contributed by atoms with Gasteiger partial charge < -0.3 is 5.32 Å². The summed E-state index contributed by atoms with van der Waals surface area (Å²) in [7, 11) is 0. The van der Waals surface area contributed by atoms with Gasteiger partial charge in [0, 0.05) is 11.9 Å². The molecule has 0 amide bonds. The highest BCUT2D eigenvalue weighted by atomic mass is 35.5. The number of aryl methyl sites for hydroxylation is 1. The molecule has 78 valence electrons. The SMILES string of the molecule is Cc1ncnc(NC(C)CCCl)c1F. The maximum Gasteiger partial charge on any atom is 0.186 e. The van der Waals surface area contributed by atoms with Crippen molar-refractivity contribution in [3.63, 3.8) is 0 Å². The van der Waals surface area contributed by atoms with Gasteiger partial charge in [-0.1, -0.05) is 0 Å². The molecule has 14 heavy (non-hydrogen) atoms. The van der Waals surface area contributed by atoms with Crippen LogP contribution in [0.3, 0.4) is 0 Å². The van der Waals surface area contributed by atoms with Gasteiger partial charge in [0.15, 0.2) is 11.6 Å². The molecular weight excluding hydrogens is 205 g/mol. The first-order valence-electron chi connectivity index (χ1n) is 4.44. The van der Waals surface area contributed by atoms with Crippen LogP contribution in [-0.4, -0.2) is 21.9 Å². The first kappa shape index (κ1) is 11.2. The van der Waals surface area contributed by atoms with Gasteiger partial charge in [-0.05, 0) is 20.3 Å². The van der Waals surface area contributed by atoms with Gasteiger partial charge in [0.1, 0.15) is 6.33 Å². The summed E-state index contributed by atoms with van der Waals surface area (Å²) < 4.78 is 13.4. The fourth-order valence-electron chi connectivity index (χ4n) is 1.03. The summed E-state index contributed by atoms with van der Waals surface area (Å²) in [6, 6.07) is 0.108. The van der Waals surface area contributed by atoms with Gasteiger partial charge in [0.2, 0.25) is 0 Å². The zero-order chi connectivity index (χ0) is 10.6. The predicted molar refractivity (Wildman–Crippen MR) is 55.1 cm³/mol. The molecule has 0 aliphatic heterocycles. The molecule has 1 rings (SSSR count). The molecule has 0 aliphatic carbocycles. The molecule has 0 fully saturated rings. The van der Waals surface area contributed by atoms with Gasteiger partial charge in [0.05, 0.1) is 5.69 Å². The third-order valence-corrected chi connectivity index (χ3v) is 2.11. The molecule has 1 heterocycles. The lowest BCUT2D eigenvalue weighted by molar-refractivity contribution is 0.599. The van der Waals surface area contributed by atoms with Crippen molar-refractivity contribution in [3.05, 3.63) is 17.8 Å². The quantitative estimate of drug-likeness (QED) is 0.787. The number of alkyl halides is 1. The highest BCUT2D eigenvalue weighted by Crippen LogP contribution is 2.13. The Kier molecular flexibility index (Phi) is 4.07. The first-order chi connectivity index (χ1) is 6.65. The number of nitrogens with zero attached hydrogens (tertiary/aromatic N) is 2. The van der Waals surface area contributed by atoms with Crippen LogP contribution in [0.1, 0.15) is 19.0 Å². The van der Waals surface area contributed by atoms with Crippen LogP contribution in [0.2, 0.25) is 0 Å². The van der Waals surface area contributed by atoms with Gasteiger partial charge in [-0.3, -0.25) is 0 Å². The largest absolute Gasteiger partial charge is 0.365 e. The van der Waals surface area contributed by atoms with Crippen LogP contribution in [0.5, 0.6) is 0 Å². The van der Waals surface area contributed by atoms with Crippen LogP contribution >= 0.6 is 11.6 Å². The van der Waals surface area contributed by atoms with Crippen LogP contribution in [0, 0.1) is 12.7 Å². The molecule has 0 spiro atoms. The van der Waals surface area contributed by atoms with Crippen molar-refractivity contribution in [2.75, 3.05) is 11.2 Å². The monoisotopic (exact) mass is 217 g/mol. The molecule has 5 heteroatoms. The van der Waals surface area contributed by atoms with Crippen molar-refractivity contribution >= 4 is 17.4 Å². The zero-order valence-electron chi connectivity index (χ0n) is 8.22. The summed E-state index contributed by atoms with van der Waals surface area (Å²) >= 11 is 5.57. The van der Waals surface area contributed by atoms with E-state index in [1.165, 1.54) is 6.33 Å². The van der Waals surface area contributed by atoms with E-state index in [0.717, 1.165) is 6.42 Å². The fraction of sp³-hybridized carbons (Fsp3) is 0.556. The third kappa shape index (κ3) is 2.80. The summed E-state index contributed by atoms with van der Waals surface area (Å²) in [6.45, 7) is 3.54. The van der Waals surface area contributed by atoms with Gasteiger partial charge in [-0.15, -0.1) is 11.6 Å². The van der Waals surface area contributed by atoms with E-state index in [0.29, 0.717) is 11.6 Å². The smallest absolute Gasteiger partial charge is 0.186 e. The van der Waals surface area contributed by atoms with Crippen LogP contribution in [0.4, 0.5) is 10.2 Å². The van der Waals surface area contributed by atoms with E-state index < -0.39 is 5.82 Å². The Morgan fingerprint density at radius 3 is 2.93 bits per heavy atom.